The molecule has 2 aliphatic rings. The van der Waals surface area contributed by atoms with Crippen molar-refractivity contribution in [2.75, 3.05) is 0 Å². The van der Waals surface area contributed by atoms with Crippen LogP contribution in [0.2, 0.25) is 0 Å². The summed E-state index contributed by atoms with van der Waals surface area (Å²) in [4.78, 5) is 11.0. The van der Waals surface area contributed by atoms with Gasteiger partial charge in [-0.25, -0.2) is 4.79 Å². The molecule has 0 atom stereocenters. The van der Waals surface area contributed by atoms with E-state index in [0.717, 1.165) is 5.75 Å². The van der Waals surface area contributed by atoms with Crippen molar-refractivity contribution in [2.24, 2.45) is 11.8 Å². The minimum Gasteiger partial charge on any atom is -0.490 e. The van der Waals surface area contributed by atoms with Crippen LogP contribution in [0.15, 0.2) is 24.3 Å². The van der Waals surface area contributed by atoms with Gasteiger partial charge in [-0.1, -0.05) is 38.5 Å². The van der Waals surface area contributed by atoms with Gasteiger partial charge in [0.05, 0.1) is 5.56 Å². The van der Waals surface area contributed by atoms with E-state index in [2.05, 4.69) is 0 Å². The van der Waals surface area contributed by atoms with Gasteiger partial charge in [-0.05, 0) is 61.8 Å². The Bertz CT molecular complexity index is 478. The molecule has 1 aromatic carbocycles. The van der Waals surface area contributed by atoms with Gasteiger partial charge >= 0.3 is 5.97 Å². The summed E-state index contributed by atoms with van der Waals surface area (Å²) in [5.41, 5.74) is 0.323. The van der Waals surface area contributed by atoms with Gasteiger partial charge in [0.2, 0.25) is 0 Å². The normalized spacial score (nSPS) is 20.6. The number of aromatic carboxylic acids is 1. The zero-order chi connectivity index (χ0) is 16.1. The number of rotatable bonds is 5. The van der Waals surface area contributed by atoms with Crippen LogP contribution in [0.1, 0.15) is 74.6 Å². The van der Waals surface area contributed by atoms with Crippen molar-refractivity contribution in [2.45, 2.75) is 70.3 Å². The zero-order valence-electron chi connectivity index (χ0n) is 13.9. The minimum atomic E-state index is -0.882. The van der Waals surface area contributed by atoms with Gasteiger partial charge in [0.15, 0.2) is 0 Å². The molecule has 0 spiro atoms. The summed E-state index contributed by atoms with van der Waals surface area (Å²) in [6, 6.07) is 6.94. The standard InChI is InChI=1S/C20H28O3/c21-20(22)17-11-13-18(14-12-17)23-19(15-7-3-1-4-8-15)16-9-5-2-6-10-16/h11-16,19H,1-10H2,(H,21,22). The van der Waals surface area contributed by atoms with Crippen LogP contribution in [-0.4, -0.2) is 17.2 Å². The van der Waals surface area contributed by atoms with Crippen molar-refractivity contribution >= 4 is 5.97 Å². The van der Waals surface area contributed by atoms with E-state index in [1.54, 1.807) is 12.1 Å². The summed E-state index contributed by atoms with van der Waals surface area (Å²) in [5, 5.41) is 9.02. The van der Waals surface area contributed by atoms with Crippen LogP contribution in [0.5, 0.6) is 5.75 Å². The summed E-state index contributed by atoms with van der Waals surface area (Å²) >= 11 is 0. The smallest absolute Gasteiger partial charge is 0.335 e. The van der Waals surface area contributed by atoms with Gasteiger partial charge in [-0.3, -0.25) is 0 Å². The van der Waals surface area contributed by atoms with Gasteiger partial charge in [0.1, 0.15) is 11.9 Å². The van der Waals surface area contributed by atoms with Gasteiger partial charge in [0.25, 0.3) is 0 Å². The number of hydrogen-bond acceptors (Lipinski definition) is 2. The molecule has 0 saturated heterocycles. The predicted molar refractivity (Wildman–Crippen MR) is 91.0 cm³/mol. The molecule has 0 amide bonds. The zero-order valence-corrected chi connectivity index (χ0v) is 13.9. The summed E-state index contributed by atoms with van der Waals surface area (Å²) < 4.78 is 6.44. The van der Waals surface area contributed by atoms with Gasteiger partial charge in [0, 0.05) is 0 Å². The van der Waals surface area contributed by atoms with Crippen molar-refractivity contribution in [3.63, 3.8) is 0 Å². The molecule has 3 nitrogen and oxygen atoms in total. The fraction of sp³-hybridized carbons (Fsp3) is 0.650. The number of carboxylic acids is 1. The van der Waals surface area contributed by atoms with Crippen LogP contribution >= 0.6 is 0 Å². The Kier molecular flexibility index (Phi) is 5.58. The molecule has 0 unspecified atom stereocenters. The lowest BCUT2D eigenvalue weighted by atomic mass is 9.75. The van der Waals surface area contributed by atoms with Crippen LogP contribution in [0.4, 0.5) is 0 Å². The fourth-order valence-electron chi connectivity index (χ4n) is 4.34. The molecule has 0 radical (unpaired) electrons. The Labute approximate surface area is 139 Å². The average molecular weight is 316 g/mol. The first-order valence-electron chi connectivity index (χ1n) is 9.24. The summed E-state index contributed by atoms with van der Waals surface area (Å²) in [7, 11) is 0. The lowest BCUT2D eigenvalue weighted by Crippen LogP contribution is -2.37. The first-order valence-corrected chi connectivity index (χ1v) is 9.24. The van der Waals surface area contributed by atoms with E-state index >= 15 is 0 Å². The fourth-order valence-corrected chi connectivity index (χ4v) is 4.34. The number of carboxylic acid groups (broad SMARTS) is 1. The van der Waals surface area contributed by atoms with E-state index in [-0.39, 0.29) is 0 Å². The third kappa shape index (κ3) is 4.27. The topological polar surface area (TPSA) is 46.5 Å². The Morgan fingerprint density at radius 3 is 1.78 bits per heavy atom. The summed E-state index contributed by atoms with van der Waals surface area (Å²) in [6.07, 6.45) is 13.5. The third-order valence-corrected chi connectivity index (χ3v) is 5.60. The average Bonchev–Trinajstić information content (AvgIpc) is 2.61. The second-order valence-electron chi connectivity index (χ2n) is 7.21. The third-order valence-electron chi connectivity index (χ3n) is 5.60. The molecule has 23 heavy (non-hydrogen) atoms. The molecule has 2 saturated carbocycles. The largest absolute Gasteiger partial charge is 0.490 e. The molecular formula is C20H28O3. The van der Waals surface area contributed by atoms with Crippen LogP contribution in [0.25, 0.3) is 0 Å². The maximum absolute atomic E-state index is 11.0. The maximum Gasteiger partial charge on any atom is 0.335 e. The van der Waals surface area contributed by atoms with Crippen molar-refractivity contribution in [1.82, 2.24) is 0 Å². The molecule has 0 aliphatic heterocycles. The van der Waals surface area contributed by atoms with Crippen LogP contribution in [0, 0.1) is 11.8 Å². The second kappa shape index (κ2) is 7.85. The van der Waals surface area contributed by atoms with Crippen LogP contribution in [0.3, 0.4) is 0 Å². The lowest BCUT2D eigenvalue weighted by Gasteiger charge is -2.37. The Morgan fingerprint density at radius 2 is 1.35 bits per heavy atom. The highest BCUT2D eigenvalue weighted by molar-refractivity contribution is 5.87. The first kappa shape index (κ1) is 16.4. The molecule has 0 bridgehead atoms. The summed E-state index contributed by atoms with van der Waals surface area (Å²) in [5.74, 6) is 1.29. The van der Waals surface area contributed by atoms with Crippen molar-refractivity contribution in [3.8, 4) is 5.75 Å². The van der Waals surface area contributed by atoms with Crippen LogP contribution < -0.4 is 4.74 Å². The van der Waals surface area contributed by atoms with Gasteiger partial charge in [-0.15, -0.1) is 0 Å². The Hall–Kier alpha value is -1.51. The SMILES string of the molecule is O=C(O)c1ccc(OC(C2CCCCC2)C2CCCCC2)cc1. The molecular weight excluding hydrogens is 288 g/mol. The van der Waals surface area contributed by atoms with E-state index < -0.39 is 5.97 Å². The number of carbonyl (C=O) groups is 1. The molecule has 3 heteroatoms. The highest BCUT2D eigenvalue weighted by atomic mass is 16.5. The highest BCUT2D eigenvalue weighted by Crippen LogP contribution is 2.38. The predicted octanol–water partition coefficient (Wildman–Crippen LogP) is 5.29. The van der Waals surface area contributed by atoms with E-state index in [1.807, 2.05) is 12.1 Å². The number of benzene rings is 1. The van der Waals surface area contributed by atoms with E-state index in [4.69, 9.17) is 9.84 Å². The monoisotopic (exact) mass is 316 g/mol. The van der Waals surface area contributed by atoms with Crippen LogP contribution in [-0.2, 0) is 0 Å². The maximum atomic E-state index is 11.0. The lowest BCUT2D eigenvalue weighted by molar-refractivity contribution is 0.0389. The van der Waals surface area contributed by atoms with Crippen molar-refractivity contribution < 1.29 is 14.6 Å². The highest BCUT2D eigenvalue weighted by Gasteiger charge is 2.33. The van der Waals surface area contributed by atoms with Crippen molar-refractivity contribution in [1.29, 1.82) is 0 Å². The van der Waals surface area contributed by atoms with Crippen molar-refractivity contribution in [3.05, 3.63) is 29.8 Å². The molecule has 1 aromatic rings. The molecule has 126 valence electrons. The quantitative estimate of drug-likeness (QED) is 0.802. The molecule has 0 aromatic heterocycles. The summed E-state index contributed by atoms with van der Waals surface area (Å²) in [6.45, 7) is 0. The molecule has 2 fully saturated rings. The molecule has 1 N–H and O–H groups in total. The molecule has 3 rings (SSSR count). The van der Waals surface area contributed by atoms with E-state index in [9.17, 15) is 4.79 Å². The van der Waals surface area contributed by atoms with Gasteiger partial charge in [-0.2, -0.15) is 0 Å². The molecule has 0 heterocycles. The second-order valence-corrected chi connectivity index (χ2v) is 7.21. The molecule has 2 aliphatic carbocycles. The minimum absolute atomic E-state index is 0.311. The number of hydrogen-bond donors (Lipinski definition) is 1. The first-order chi connectivity index (χ1) is 11.2. The Balaban J connectivity index is 1.72. The number of ether oxygens (including phenoxy) is 1. The van der Waals surface area contributed by atoms with E-state index in [1.165, 1.54) is 64.2 Å². The van der Waals surface area contributed by atoms with E-state index in [0.29, 0.717) is 23.5 Å². The van der Waals surface area contributed by atoms with Gasteiger partial charge < -0.3 is 9.84 Å². The Morgan fingerprint density at radius 1 is 0.870 bits per heavy atom.